The van der Waals surface area contributed by atoms with E-state index in [-0.39, 0.29) is 43.3 Å². The number of esters is 2. The smallest absolute Gasteiger partial charge is 0.329 e. The summed E-state index contributed by atoms with van der Waals surface area (Å²) in [6, 6.07) is 29.2. The lowest BCUT2D eigenvalue weighted by Gasteiger charge is -2.46. The number of ether oxygens (including phenoxy) is 5. The van der Waals surface area contributed by atoms with Crippen molar-refractivity contribution in [1.82, 2.24) is 15.1 Å². The maximum atomic E-state index is 17.1. The molecular weight excluding hydrogens is 965 g/mol. The van der Waals surface area contributed by atoms with Gasteiger partial charge in [0.25, 0.3) is 0 Å². The molecule has 1 aliphatic carbocycles. The zero-order chi connectivity index (χ0) is 53.3. The molecule has 392 valence electrons. The Bertz CT molecular complexity index is 3150. The highest BCUT2D eigenvalue weighted by atomic mass is 16.6. The maximum Gasteiger partial charge on any atom is 0.329 e. The first-order valence-corrected chi connectivity index (χ1v) is 26.0. The van der Waals surface area contributed by atoms with Crippen molar-refractivity contribution in [2.75, 3.05) is 46.0 Å². The van der Waals surface area contributed by atoms with Crippen molar-refractivity contribution in [2.24, 2.45) is 11.8 Å². The number of nitrogens with zero attached hydrogens (tertiary/aromatic N) is 3. The normalized spacial score (nSPS) is 23.0. The third-order valence-corrected chi connectivity index (χ3v) is 15.6. The van der Waals surface area contributed by atoms with Crippen LogP contribution in [0.2, 0.25) is 0 Å². The number of hydrogen-bond acceptors (Lipinski definition) is 12. The van der Waals surface area contributed by atoms with Crippen molar-refractivity contribution in [1.29, 1.82) is 0 Å². The molecule has 0 aromatic heterocycles. The van der Waals surface area contributed by atoms with Crippen LogP contribution in [0, 0.1) is 23.7 Å². The van der Waals surface area contributed by atoms with E-state index in [4.69, 9.17) is 23.7 Å². The SMILES string of the molecule is COC(=O)[C@@H](NC(=O)N1C(=O)[C@@]2(c3cc(C#CC4=CCCCC4)ccc31)[C@H](c1ccccc1OCCO)N1[C@H](c3ccccc3)[C@H](c3ccccc3)OC(=O)[C@H]1[C@@H]2C(=O)N1CCc2cc(OC)c(OC)cc2C1)C(C)C. The number of nitrogens with one attached hydrogen (secondary N) is 1. The Morgan fingerprint density at radius 1 is 0.803 bits per heavy atom. The second-order valence-electron chi connectivity index (χ2n) is 20.2. The van der Waals surface area contributed by atoms with Gasteiger partial charge in [0.05, 0.1) is 51.6 Å². The van der Waals surface area contributed by atoms with Crippen LogP contribution in [0.25, 0.3) is 0 Å². The van der Waals surface area contributed by atoms with Gasteiger partial charge in [-0.05, 0) is 108 Å². The minimum Gasteiger partial charge on any atom is -0.493 e. The van der Waals surface area contributed by atoms with Crippen molar-refractivity contribution >= 4 is 35.5 Å². The number of methoxy groups -OCH3 is 3. The lowest BCUT2D eigenvalue weighted by Crippen LogP contribution is -2.58. The summed E-state index contributed by atoms with van der Waals surface area (Å²) in [7, 11) is 4.33. The molecule has 4 heterocycles. The molecule has 5 aliphatic rings. The Labute approximate surface area is 442 Å². The molecular formula is C61H62N4O11. The highest BCUT2D eigenvalue weighted by Gasteiger charge is 2.76. The van der Waals surface area contributed by atoms with E-state index in [0.717, 1.165) is 52.8 Å². The van der Waals surface area contributed by atoms with Gasteiger partial charge in [0.15, 0.2) is 11.5 Å². The Morgan fingerprint density at radius 2 is 1.50 bits per heavy atom. The van der Waals surface area contributed by atoms with Gasteiger partial charge >= 0.3 is 18.0 Å². The van der Waals surface area contributed by atoms with Crippen LogP contribution in [-0.4, -0.2) is 97.9 Å². The molecule has 2 fully saturated rings. The number of morpholine rings is 1. The predicted octanol–water partition coefficient (Wildman–Crippen LogP) is 8.08. The minimum atomic E-state index is -2.15. The zero-order valence-electron chi connectivity index (χ0n) is 43.3. The highest BCUT2D eigenvalue weighted by molar-refractivity contribution is 6.25. The molecule has 15 heteroatoms. The molecule has 5 aromatic rings. The standard InChI is InChI=1S/C61H62N4O11/c1-37(2)51(57(68)74-5)62-60(71)64-46-28-27-39(26-25-38-17-9-6-10-18-38)33-45(46)61(59(64)70)50(56(67)63-30-29-42-34-48(72-3)49(73-4)35-43(42)36-63)53-58(69)76-54(41-21-13-8-14-22-41)52(40-19-11-7-12-20-40)65(53)55(61)44-23-15-16-24-47(44)75-32-31-66/h7-8,11-17,19-24,27-28,33-35,37,50-55,66H,6,9-10,18,29-32,36H2,1-5H3,(H,62,71)/t50-,51+,52-,53-,54+,55+,61-/m1/s1. The van der Waals surface area contributed by atoms with Crippen LogP contribution in [0.4, 0.5) is 10.5 Å². The van der Waals surface area contributed by atoms with Gasteiger partial charge in [0.1, 0.15) is 36.0 Å². The van der Waals surface area contributed by atoms with Gasteiger partial charge in [-0.1, -0.05) is 111 Å². The van der Waals surface area contributed by atoms with Crippen molar-refractivity contribution in [2.45, 2.75) is 88.2 Å². The monoisotopic (exact) mass is 1030 g/mol. The molecule has 0 saturated carbocycles. The number of rotatable bonds is 12. The van der Waals surface area contributed by atoms with Crippen molar-refractivity contribution < 1.29 is 52.8 Å². The number of amides is 4. The van der Waals surface area contributed by atoms with E-state index in [9.17, 15) is 9.90 Å². The Kier molecular flexibility index (Phi) is 14.7. The second kappa shape index (κ2) is 21.7. The Morgan fingerprint density at radius 3 is 2.17 bits per heavy atom. The molecule has 10 rings (SSSR count). The summed E-state index contributed by atoms with van der Waals surface area (Å²) >= 11 is 0. The van der Waals surface area contributed by atoms with Crippen LogP contribution in [-0.2, 0) is 47.0 Å². The number of anilines is 1. The number of urea groups is 1. The third-order valence-electron chi connectivity index (χ3n) is 15.6. The number of imide groups is 1. The average molecular weight is 1030 g/mol. The lowest BCUT2D eigenvalue weighted by atomic mass is 9.64. The third kappa shape index (κ3) is 9.02. The first-order chi connectivity index (χ1) is 36.9. The fourth-order valence-corrected chi connectivity index (χ4v) is 12.1. The number of fused-ring (bicyclic) bond motifs is 4. The van der Waals surface area contributed by atoms with E-state index < -0.39 is 77.3 Å². The second-order valence-corrected chi connectivity index (χ2v) is 20.2. The van der Waals surface area contributed by atoms with Gasteiger partial charge in [0.2, 0.25) is 11.8 Å². The predicted molar refractivity (Wildman–Crippen MR) is 282 cm³/mol. The van der Waals surface area contributed by atoms with Gasteiger partial charge in [-0.3, -0.25) is 19.3 Å². The zero-order valence-corrected chi connectivity index (χ0v) is 43.3. The van der Waals surface area contributed by atoms with E-state index in [0.29, 0.717) is 34.6 Å². The van der Waals surface area contributed by atoms with E-state index in [1.165, 1.54) is 7.11 Å². The first-order valence-electron chi connectivity index (χ1n) is 26.0. The molecule has 1 spiro atoms. The van der Waals surface area contributed by atoms with Gasteiger partial charge < -0.3 is 39.0 Å². The molecule has 76 heavy (non-hydrogen) atoms. The number of carbonyl (C=O) groups excluding carboxylic acids is 5. The summed E-state index contributed by atoms with van der Waals surface area (Å²) < 4.78 is 29.7. The number of aliphatic hydroxyl groups excluding tert-OH is 1. The number of carbonyl (C=O) groups is 5. The summed E-state index contributed by atoms with van der Waals surface area (Å²) in [5, 5.41) is 13.1. The van der Waals surface area contributed by atoms with Crippen molar-refractivity contribution in [3.8, 4) is 29.1 Å². The van der Waals surface area contributed by atoms with E-state index in [1.807, 2.05) is 77.7 Å². The molecule has 0 bridgehead atoms. The maximum absolute atomic E-state index is 17.1. The van der Waals surface area contributed by atoms with Crippen LogP contribution in [0.15, 0.2) is 127 Å². The molecule has 4 amide bonds. The number of cyclic esters (lactones) is 1. The largest absolute Gasteiger partial charge is 0.493 e. The number of benzene rings is 5. The summed E-state index contributed by atoms with van der Waals surface area (Å²) in [4.78, 5) is 83.0. The minimum absolute atomic E-state index is 0.0829. The van der Waals surface area contributed by atoms with Gasteiger partial charge in [-0.2, -0.15) is 0 Å². The lowest BCUT2D eigenvalue weighted by molar-refractivity contribution is -0.179. The van der Waals surface area contributed by atoms with Crippen LogP contribution >= 0.6 is 0 Å². The van der Waals surface area contributed by atoms with E-state index in [1.54, 1.807) is 75.4 Å². The van der Waals surface area contributed by atoms with Gasteiger partial charge in [-0.25, -0.2) is 14.5 Å². The summed E-state index contributed by atoms with van der Waals surface area (Å²) in [6.07, 6.45) is 5.36. The molecule has 2 saturated heterocycles. The van der Waals surface area contributed by atoms with E-state index >= 15 is 19.2 Å². The first kappa shape index (κ1) is 51.6. The van der Waals surface area contributed by atoms with E-state index in [2.05, 4.69) is 23.2 Å². The Hall–Kier alpha value is -7.93. The average Bonchev–Trinajstić information content (AvgIpc) is 3.91. The molecule has 2 N–H and O–H groups in total. The van der Waals surface area contributed by atoms with Gasteiger partial charge in [0, 0.05) is 24.2 Å². The van der Waals surface area contributed by atoms with Crippen molar-refractivity contribution in [3.63, 3.8) is 0 Å². The van der Waals surface area contributed by atoms with Crippen LogP contribution in [0.3, 0.4) is 0 Å². The summed E-state index contributed by atoms with van der Waals surface area (Å²) in [5.74, 6) is 3.15. The molecule has 0 radical (unpaired) electrons. The Balaban J connectivity index is 1.29. The molecule has 4 aliphatic heterocycles. The van der Waals surface area contributed by atoms with Crippen LogP contribution < -0.4 is 24.4 Å². The molecule has 0 unspecified atom stereocenters. The highest BCUT2D eigenvalue weighted by Crippen LogP contribution is 2.67. The molecule has 7 atom stereocenters. The van der Waals surface area contributed by atoms with Crippen LogP contribution in [0.1, 0.15) is 96.7 Å². The van der Waals surface area contributed by atoms with Crippen molar-refractivity contribution in [3.05, 3.63) is 166 Å². The quantitative estimate of drug-likeness (QED) is 0.0910. The fourth-order valence-electron chi connectivity index (χ4n) is 12.1. The number of para-hydroxylation sites is 1. The fraction of sp³-hybridized carbons (Fsp3) is 0.361. The van der Waals surface area contributed by atoms with Gasteiger partial charge in [-0.15, -0.1) is 0 Å². The number of hydrogen-bond donors (Lipinski definition) is 2. The topological polar surface area (TPSA) is 173 Å². The molecule has 15 nitrogen and oxygen atoms in total. The summed E-state index contributed by atoms with van der Waals surface area (Å²) in [6.45, 7) is 3.32. The number of allylic oxidation sites excluding steroid dienone is 2. The number of aliphatic hydroxyl groups is 1. The summed E-state index contributed by atoms with van der Waals surface area (Å²) in [5.41, 5.74) is 3.29. The van der Waals surface area contributed by atoms with Crippen LogP contribution in [0.5, 0.6) is 17.2 Å². The molecule has 5 aromatic carbocycles.